The first-order chi connectivity index (χ1) is 66.9. The third-order valence-corrected chi connectivity index (χ3v) is 32.1. The van der Waals surface area contributed by atoms with Crippen molar-refractivity contribution < 1.29 is 112 Å². The van der Waals surface area contributed by atoms with Crippen molar-refractivity contribution >= 4 is 53.7 Å². The minimum atomic E-state index is -1.55. The van der Waals surface area contributed by atoms with E-state index in [0.29, 0.717) is 148 Å². The normalized spacial score (nSPS) is 21.9. The van der Waals surface area contributed by atoms with Crippen molar-refractivity contribution in [2.45, 2.75) is 605 Å². The van der Waals surface area contributed by atoms with Gasteiger partial charge in [-0.15, -0.1) is 0 Å². The molecule has 1 unspecified atom stereocenters. The lowest BCUT2D eigenvalue weighted by Gasteiger charge is -2.51. The Labute approximate surface area is 867 Å². The smallest absolute Gasteiger partial charge is 0.338 e. The summed E-state index contributed by atoms with van der Waals surface area (Å²) in [6, 6.07) is 4.20. The number of esters is 9. The molecule has 0 bridgehead atoms. The number of unbranched alkanes of at least 4 members (excludes halogenated alkanes) is 25. The number of ether oxygens (including phenoxy) is 9. The summed E-state index contributed by atoms with van der Waals surface area (Å²) in [5.41, 5.74) is -12.0. The molecule has 6 heterocycles. The zero-order valence-electron chi connectivity index (χ0n) is 94.8. The molecule has 828 valence electrons. The first-order valence-electron chi connectivity index (χ1n) is 56.1. The minimum absolute atomic E-state index is 0.00910. The number of carbonyl (C=O) groups is 9. The molecule has 6 aliphatic heterocycles. The number of hydrogen-bond acceptors (Lipinski definition) is 29. The molecule has 6 saturated heterocycles. The van der Waals surface area contributed by atoms with Gasteiger partial charge in [0.2, 0.25) is 0 Å². The Hall–Kier alpha value is -5.99. The van der Waals surface area contributed by atoms with Gasteiger partial charge in [-0.3, -0.25) is 28.8 Å². The number of nitrogens with one attached hydrogen (secondary N) is 1. The van der Waals surface area contributed by atoms with Gasteiger partial charge < -0.3 is 74.0 Å². The summed E-state index contributed by atoms with van der Waals surface area (Å²) in [6.45, 7) is 53.2. The Balaban J connectivity index is 0.936. The number of piperidine rings is 6. The van der Waals surface area contributed by atoms with Gasteiger partial charge in [-0.1, -0.05) is 201 Å². The summed E-state index contributed by atoms with van der Waals surface area (Å²) in [5.74, 6) is -5.45. The van der Waals surface area contributed by atoms with Crippen molar-refractivity contribution in [3.05, 3.63) is 34.9 Å². The van der Waals surface area contributed by atoms with Crippen LogP contribution in [0.4, 0.5) is 0 Å². The molecule has 7 rings (SSSR count). The summed E-state index contributed by atoms with van der Waals surface area (Å²) in [7, 11) is 0. The third-order valence-electron chi connectivity index (χ3n) is 32.1. The van der Waals surface area contributed by atoms with E-state index < -0.39 is 156 Å². The number of nitrogens with zero attached hydrogens (tertiary/aromatic N) is 5. The van der Waals surface area contributed by atoms with E-state index in [0.717, 1.165) is 141 Å². The largest absolute Gasteiger partial charge is 0.462 e. The number of carbonyl (C=O) groups excluding carboxylic acids is 9. The highest BCUT2D eigenvalue weighted by atomic mass is 16.6. The molecule has 0 radical (unpaired) electrons. The summed E-state index contributed by atoms with van der Waals surface area (Å²) < 4.78 is 56.2. The van der Waals surface area contributed by atoms with E-state index in [1.54, 1.807) is 0 Å². The van der Waals surface area contributed by atoms with Crippen molar-refractivity contribution in [2.75, 3.05) is 19.8 Å². The van der Waals surface area contributed by atoms with Crippen LogP contribution >= 0.6 is 0 Å². The van der Waals surface area contributed by atoms with Gasteiger partial charge in [0.25, 0.3) is 0 Å². The van der Waals surface area contributed by atoms with Crippen molar-refractivity contribution in [1.29, 1.82) is 0 Å². The van der Waals surface area contributed by atoms with Gasteiger partial charge in [0, 0.05) is 144 Å². The van der Waals surface area contributed by atoms with E-state index in [1.165, 1.54) is 43.5 Å². The highest BCUT2D eigenvalue weighted by Gasteiger charge is 2.59. The second-order valence-corrected chi connectivity index (χ2v) is 52.0. The van der Waals surface area contributed by atoms with Crippen LogP contribution in [-0.2, 0) is 71.4 Å². The van der Waals surface area contributed by atoms with Gasteiger partial charge in [-0.05, 0) is 242 Å². The molecule has 0 aromatic heterocycles. The predicted octanol–water partition coefficient (Wildman–Crippen LogP) is 25.2. The first kappa shape index (κ1) is 125. The van der Waals surface area contributed by atoms with Crippen molar-refractivity contribution in [3.8, 4) is 0 Å². The lowest BCUT2D eigenvalue weighted by Crippen LogP contribution is -2.61. The maximum Gasteiger partial charge on any atom is 0.338 e. The van der Waals surface area contributed by atoms with E-state index >= 15 is 0 Å². The van der Waals surface area contributed by atoms with Crippen molar-refractivity contribution in [3.63, 3.8) is 0 Å². The average Bonchev–Trinajstić information content (AvgIpc) is 0.763. The van der Waals surface area contributed by atoms with E-state index in [2.05, 4.69) is 39.9 Å². The standard InChI is InChI=1S/C115H200N6O23/c1-28-31-59-113(95(125)139-86-71-101(4,5)116-102(6,7)72-86,96(126)140-87-73-103(8,9)117(131)104(10,11)74-87)62-53-48-42-36-39-45-51-57-66-137-93(123)84-68-83(92(122)136-65-56-50-44-38-34-35-41-47-54-63-114(60-32-29-2,97(127)141-88-75-105(12,13)118(132)106(14,15)76-88)98(128)142-89-77-107(16,17)119(133)108(18,19)78-89)69-85(70-84)94(124)138-67-58-52-46-40-37-43-49-55-64-115(61-33-30-3,99(129)143-90-79-109(20,21)120(134)110(22,23)80-90)100(130)144-91-81-111(24,25)121(135)112(26,27)82-91/h68-70,86-91,116,131-135H,28-67,71-82H2,1-27H3. The molecule has 6 aliphatic rings. The van der Waals surface area contributed by atoms with Gasteiger partial charge in [0.05, 0.1) is 36.5 Å². The number of hydroxylamine groups is 10. The lowest BCUT2D eigenvalue weighted by atomic mass is 9.76. The van der Waals surface area contributed by atoms with Crippen LogP contribution in [0.2, 0.25) is 0 Å². The van der Waals surface area contributed by atoms with Crippen LogP contribution in [0.1, 0.15) is 533 Å². The molecule has 0 aliphatic carbocycles. The zero-order chi connectivity index (χ0) is 108. The van der Waals surface area contributed by atoms with Gasteiger partial charge >= 0.3 is 53.7 Å². The summed E-state index contributed by atoms with van der Waals surface area (Å²) >= 11 is 0. The fourth-order valence-corrected chi connectivity index (χ4v) is 25.2. The maximum absolute atomic E-state index is 14.9. The van der Waals surface area contributed by atoms with E-state index in [9.17, 15) is 69.2 Å². The SMILES string of the molecule is CCCCC(CCCCCCCCCCOC(=O)c1cc(C(=O)OCCCCCCCCCCCC(CCCC)(C(=O)OC2CC(C)(C)N(O)C(C)(C)C2)C(=O)OC2CC(C)(C)N(O)C(C)(C)C2)cc(C(=O)OCCCCCCCCCCC(CCCC)(C(=O)OC2CC(C)(C)N(O)C(C)(C)C2)C(=O)OC2CC(C)(C)N(O)C(C)(C)C2)c1)(C(=O)OC1CC(C)(C)NC(C)(C)C1)C(=O)OC1CC(C)(C)N(O)C(C)(C)C1. The quantitative estimate of drug-likeness (QED) is 0.0153. The molecule has 0 amide bonds. The highest BCUT2D eigenvalue weighted by molar-refractivity contribution is 6.03. The molecule has 0 saturated carbocycles. The Morgan fingerprint density at radius 1 is 0.243 bits per heavy atom. The zero-order valence-corrected chi connectivity index (χ0v) is 94.8. The Kier molecular flexibility index (Phi) is 46.3. The molecular formula is C115H200N6O23. The fourth-order valence-electron chi connectivity index (χ4n) is 25.2. The number of hydrogen-bond donors (Lipinski definition) is 6. The Bertz CT molecular complexity index is 4030. The lowest BCUT2D eigenvalue weighted by molar-refractivity contribution is -0.263. The second kappa shape index (κ2) is 53.3. The molecule has 29 nitrogen and oxygen atoms in total. The van der Waals surface area contributed by atoms with Crippen LogP contribution in [-0.4, -0.2) is 228 Å². The predicted molar refractivity (Wildman–Crippen MR) is 557 cm³/mol. The third kappa shape index (κ3) is 35.3. The first-order valence-corrected chi connectivity index (χ1v) is 56.1. The van der Waals surface area contributed by atoms with Gasteiger partial charge in [-0.2, -0.15) is 25.3 Å². The van der Waals surface area contributed by atoms with Gasteiger partial charge in [0.1, 0.15) is 36.6 Å². The number of rotatable bonds is 58. The average molecular weight is 2030 g/mol. The molecule has 0 spiro atoms. The monoisotopic (exact) mass is 2030 g/mol. The van der Waals surface area contributed by atoms with E-state index in [4.69, 9.17) is 42.6 Å². The van der Waals surface area contributed by atoms with Crippen molar-refractivity contribution in [1.82, 2.24) is 30.6 Å². The molecule has 144 heavy (non-hydrogen) atoms. The topological polar surface area (TPSA) is 366 Å². The molecular weight excluding hydrogens is 1830 g/mol. The molecule has 1 atom stereocenters. The number of benzene rings is 1. The van der Waals surface area contributed by atoms with Crippen LogP contribution in [0, 0.1) is 16.2 Å². The van der Waals surface area contributed by atoms with Crippen LogP contribution in [0.5, 0.6) is 0 Å². The van der Waals surface area contributed by atoms with E-state index in [1.807, 2.05) is 152 Å². The molecule has 29 heteroatoms. The van der Waals surface area contributed by atoms with E-state index in [-0.39, 0.29) is 79.4 Å². The molecule has 6 fully saturated rings. The van der Waals surface area contributed by atoms with Gasteiger partial charge in [-0.25, -0.2) is 14.4 Å². The fraction of sp³-hybridized carbons (Fsp3) is 0.870. The second-order valence-electron chi connectivity index (χ2n) is 52.0. The maximum atomic E-state index is 14.9. The molecule has 1 aromatic carbocycles. The highest BCUT2D eigenvalue weighted by Crippen LogP contribution is 2.50. The Morgan fingerprint density at radius 2 is 0.389 bits per heavy atom. The van der Waals surface area contributed by atoms with Crippen LogP contribution in [0.3, 0.4) is 0 Å². The van der Waals surface area contributed by atoms with Crippen molar-refractivity contribution in [2.24, 2.45) is 16.2 Å². The Morgan fingerprint density at radius 3 is 0.556 bits per heavy atom. The summed E-state index contributed by atoms with van der Waals surface area (Å²) in [5, 5.41) is 66.1. The molecule has 1 aromatic rings. The van der Waals surface area contributed by atoms with Crippen LogP contribution in [0.25, 0.3) is 0 Å². The molecule has 6 N–H and O–H groups in total. The minimum Gasteiger partial charge on any atom is -0.462 e. The van der Waals surface area contributed by atoms with Crippen LogP contribution in [0.15, 0.2) is 18.2 Å². The summed E-state index contributed by atoms with van der Waals surface area (Å²) in [4.78, 5) is 132. The van der Waals surface area contributed by atoms with Gasteiger partial charge in [0.15, 0.2) is 16.2 Å². The van der Waals surface area contributed by atoms with Crippen LogP contribution < -0.4 is 5.32 Å². The summed E-state index contributed by atoms with van der Waals surface area (Å²) in [6.07, 6.45) is 27.8.